The van der Waals surface area contributed by atoms with Crippen molar-refractivity contribution < 1.29 is 19.1 Å². The Morgan fingerprint density at radius 3 is 2.60 bits per heavy atom. The van der Waals surface area contributed by atoms with Crippen molar-refractivity contribution in [3.05, 3.63) is 24.0 Å². The SMILES string of the molecule is O=C1CC(=O)N(c2ccc(F)c(O)c2)C1. The van der Waals surface area contributed by atoms with Gasteiger partial charge in [-0.05, 0) is 12.1 Å². The Hall–Kier alpha value is -1.91. The van der Waals surface area contributed by atoms with Crippen LogP contribution in [0.3, 0.4) is 0 Å². The second-order valence-electron chi connectivity index (χ2n) is 3.33. The predicted octanol–water partition coefficient (Wildman–Crippen LogP) is 0.837. The maximum atomic E-state index is 12.7. The molecule has 78 valence electrons. The first-order valence-electron chi connectivity index (χ1n) is 4.38. The molecule has 1 N–H and O–H groups in total. The lowest BCUT2D eigenvalue weighted by molar-refractivity contribution is -0.121. The van der Waals surface area contributed by atoms with Gasteiger partial charge in [0.15, 0.2) is 17.3 Å². The summed E-state index contributed by atoms with van der Waals surface area (Å²) in [5.74, 6) is -1.79. The molecule has 2 rings (SSSR count). The first-order valence-corrected chi connectivity index (χ1v) is 4.38. The van der Waals surface area contributed by atoms with Gasteiger partial charge >= 0.3 is 0 Å². The number of rotatable bonds is 1. The zero-order valence-corrected chi connectivity index (χ0v) is 7.74. The number of ketones is 1. The van der Waals surface area contributed by atoms with Crippen LogP contribution >= 0.6 is 0 Å². The van der Waals surface area contributed by atoms with Gasteiger partial charge in [0.2, 0.25) is 5.91 Å². The molecule has 0 radical (unpaired) electrons. The molecule has 0 aliphatic carbocycles. The number of benzene rings is 1. The Labute approximate surface area is 84.9 Å². The number of Topliss-reactive ketones (excluding diaryl/α,β-unsaturated/α-hetero) is 1. The van der Waals surface area contributed by atoms with Gasteiger partial charge in [-0.3, -0.25) is 9.59 Å². The number of hydrogen-bond acceptors (Lipinski definition) is 3. The number of carbonyl (C=O) groups is 2. The number of phenols is 1. The van der Waals surface area contributed by atoms with Gasteiger partial charge in [0.1, 0.15) is 0 Å². The predicted molar refractivity (Wildman–Crippen MR) is 50.0 cm³/mol. The van der Waals surface area contributed by atoms with E-state index in [2.05, 4.69) is 0 Å². The maximum Gasteiger partial charge on any atom is 0.234 e. The summed E-state index contributed by atoms with van der Waals surface area (Å²) in [5, 5.41) is 9.11. The monoisotopic (exact) mass is 209 g/mol. The van der Waals surface area contributed by atoms with Gasteiger partial charge in [-0.1, -0.05) is 0 Å². The lowest BCUT2D eigenvalue weighted by Crippen LogP contribution is -2.24. The van der Waals surface area contributed by atoms with Crippen LogP contribution in [0.2, 0.25) is 0 Å². The van der Waals surface area contributed by atoms with Gasteiger partial charge in [-0.15, -0.1) is 0 Å². The van der Waals surface area contributed by atoms with E-state index in [9.17, 15) is 14.0 Å². The molecule has 1 heterocycles. The van der Waals surface area contributed by atoms with Gasteiger partial charge in [-0.2, -0.15) is 0 Å². The van der Waals surface area contributed by atoms with Crippen molar-refractivity contribution in [3.63, 3.8) is 0 Å². The Bertz CT molecular complexity index is 444. The molecule has 0 unspecified atom stereocenters. The van der Waals surface area contributed by atoms with Crippen LogP contribution in [0, 0.1) is 5.82 Å². The number of hydrogen-bond donors (Lipinski definition) is 1. The first-order chi connectivity index (χ1) is 7.08. The molecule has 1 fully saturated rings. The summed E-state index contributed by atoms with van der Waals surface area (Å²) in [5.41, 5.74) is 0.338. The molecule has 1 amide bonds. The van der Waals surface area contributed by atoms with E-state index in [1.807, 2.05) is 0 Å². The van der Waals surface area contributed by atoms with E-state index < -0.39 is 11.6 Å². The number of halogens is 1. The van der Waals surface area contributed by atoms with Crippen LogP contribution in [0.15, 0.2) is 18.2 Å². The molecule has 0 atom stereocenters. The lowest BCUT2D eigenvalue weighted by Gasteiger charge is -2.14. The third kappa shape index (κ3) is 1.68. The van der Waals surface area contributed by atoms with Crippen molar-refractivity contribution in [3.8, 4) is 5.75 Å². The third-order valence-electron chi connectivity index (χ3n) is 2.23. The fourth-order valence-corrected chi connectivity index (χ4v) is 1.49. The summed E-state index contributed by atoms with van der Waals surface area (Å²) >= 11 is 0. The molecule has 5 heteroatoms. The minimum atomic E-state index is -0.753. The van der Waals surface area contributed by atoms with Crippen LogP contribution in [0.4, 0.5) is 10.1 Å². The zero-order chi connectivity index (χ0) is 11.0. The minimum absolute atomic E-state index is 0.0100. The zero-order valence-electron chi connectivity index (χ0n) is 7.74. The largest absolute Gasteiger partial charge is 0.505 e. The highest BCUT2D eigenvalue weighted by Gasteiger charge is 2.28. The van der Waals surface area contributed by atoms with Gasteiger partial charge in [-0.25, -0.2) is 4.39 Å². The van der Waals surface area contributed by atoms with Crippen molar-refractivity contribution >= 4 is 17.4 Å². The molecule has 1 saturated heterocycles. The Morgan fingerprint density at radius 1 is 1.33 bits per heavy atom. The van der Waals surface area contributed by atoms with E-state index in [0.29, 0.717) is 5.69 Å². The standard InChI is InChI=1S/C10H8FNO3/c11-8-2-1-6(3-9(8)14)12-5-7(13)4-10(12)15/h1-3,14H,4-5H2. The van der Waals surface area contributed by atoms with Crippen molar-refractivity contribution in [1.82, 2.24) is 0 Å². The van der Waals surface area contributed by atoms with Crippen molar-refractivity contribution in [2.24, 2.45) is 0 Å². The average molecular weight is 209 g/mol. The van der Waals surface area contributed by atoms with E-state index in [0.717, 1.165) is 12.1 Å². The van der Waals surface area contributed by atoms with Gasteiger partial charge in [0, 0.05) is 11.8 Å². The van der Waals surface area contributed by atoms with Crippen LogP contribution < -0.4 is 4.90 Å². The summed E-state index contributed by atoms with van der Waals surface area (Å²) in [6.45, 7) is -0.0100. The number of amides is 1. The summed E-state index contributed by atoms with van der Waals surface area (Å²) in [6, 6.07) is 3.54. The number of aromatic hydroxyl groups is 1. The summed E-state index contributed by atoms with van der Waals surface area (Å²) in [6.07, 6.45) is -0.127. The molecular formula is C10H8FNO3. The van der Waals surface area contributed by atoms with Gasteiger partial charge in [0.25, 0.3) is 0 Å². The topological polar surface area (TPSA) is 57.6 Å². The average Bonchev–Trinajstić information content (AvgIpc) is 2.50. The Kier molecular flexibility index (Phi) is 2.15. The molecule has 1 aromatic carbocycles. The number of phenolic OH excluding ortho intramolecular Hbond substituents is 1. The molecule has 0 saturated carbocycles. The molecule has 1 aromatic rings. The van der Waals surface area contributed by atoms with Crippen LogP contribution in [0.5, 0.6) is 5.75 Å². The molecular weight excluding hydrogens is 201 g/mol. The summed E-state index contributed by atoms with van der Waals surface area (Å²) < 4.78 is 12.7. The third-order valence-corrected chi connectivity index (χ3v) is 2.23. The highest BCUT2D eigenvalue weighted by Crippen LogP contribution is 2.25. The minimum Gasteiger partial charge on any atom is -0.505 e. The molecule has 1 aliphatic rings. The molecule has 0 bridgehead atoms. The van der Waals surface area contributed by atoms with E-state index >= 15 is 0 Å². The Balaban J connectivity index is 2.34. The number of nitrogens with zero attached hydrogens (tertiary/aromatic N) is 1. The molecule has 1 aliphatic heterocycles. The Morgan fingerprint density at radius 2 is 2.07 bits per heavy atom. The van der Waals surface area contributed by atoms with E-state index in [4.69, 9.17) is 5.11 Å². The van der Waals surface area contributed by atoms with Crippen LogP contribution in [-0.4, -0.2) is 23.3 Å². The molecule has 0 aromatic heterocycles. The second-order valence-corrected chi connectivity index (χ2v) is 3.33. The maximum absolute atomic E-state index is 12.7. The van der Waals surface area contributed by atoms with Gasteiger partial charge in [0.05, 0.1) is 13.0 Å². The summed E-state index contributed by atoms with van der Waals surface area (Å²) in [4.78, 5) is 23.5. The number of carbonyl (C=O) groups excluding carboxylic acids is 2. The van der Waals surface area contributed by atoms with Gasteiger partial charge < -0.3 is 10.0 Å². The fraction of sp³-hybridized carbons (Fsp3) is 0.200. The molecule has 4 nitrogen and oxygen atoms in total. The van der Waals surface area contributed by atoms with E-state index in [1.165, 1.54) is 11.0 Å². The van der Waals surface area contributed by atoms with E-state index in [1.54, 1.807) is 0 Å². The van der Waals surface area contributed by atoms with Crippen LogP contribution in [-0.2, 0) is 9.59 Å². The second kappa shape index (κ2) is 3.34. The highest BCUT2D eigenvalue weighted by molar-refractivity contribution is 6.15. The van der Waals surface area contributed by atoms with Crippen LogP contribution in [0.1, 0.15) is 6.42 Å². The fourth-order valence-electron chi connectivity index (χ4n) is 1.49. The van der Waals surface area contributed by atoms with Crippen molar-refractivity contribution in [2.45, 2.75) is 6.42 Å². The smallest absolute Gasteiger partial charge is 0.234 e. The normalized spacial score (nSPS) is 16.2. The lowest BCUT2D eigenvalue weighted by atomic mass is 10.2. The van der Waals surface area contributed by atoms with E-state index in [-0.39, 0.29) is 24.7 Å². The van der Waals surface area contributed by atoms with Crippen LogP contribution in [0.25, 0.3) is 0 Å². The van der Waals surface area contributed by atoms with Crippen molar-refractivity contribution in [2.75, 3.05) is 11.4 Å². The number of anilines is 1. The first kappa shape index (κ1) is 9.64. The molecule has 15 heavy (non-hydrogen) atoms. The quantitative estimate of drug-likeness (QED) is 0.697. The summed E-state index contributed by atoms with van der Waals surface area (Å²) in [7, 11) is 0. The van der Waals surface area contributed by atoms with Crippen molar-refractivity contribution in [1.29, 1.82) is 0 Å². The highest BCUT2D eigenvalue weighted by atomic mass is 19.1. The molecule has 0 spiro atoms.